The molecule has 17 heavy (non-hydrogen) atoms. The first-order valence-corrected chi connectivity index (χ1v) is 6.67. The maximum absolute atomic E-state index is 6.09. The minimum Gasteiger partial charge on any atom is -0.359 e. The molecule has 0 aromatic carbocycles. The lowest BCUT2D eigenvalue weighted by molar-refractivity contribution is -0.142. The zero-order valence-corrected chi connectivity index (χ0v) is 12.3. The molecule has 2 rings (SSSR count). The van der Waals surface area contributed by atoms with Gasteiger partial charge in [0.05, 0.1) is 12.6 Å². The summed E-state index contributed by atoms with van der Waals surface area (Å²) in [6.07, 6.45) is 2.56. The fourth-order valence-corrected chi connectivity index (χ4v) is 3.02. The Bertz CT molecular complexity index is 240. The molecule has 4 heteroatoms. The summed E-state index contributed by atoms with van der Waals surface area (Å²) in [6.45, 7) is 12.2. The molecule has 0 radical (unpaired) electrons. The minimum absolute atomic E-state index is 0. The van der Waals surface area contributed by atoms with E-state index in [2.05, 4.69) is 37.9 Å². The number of nitrogens with one attached hydrogen (secondary N) is 1. The van der Waals surface area contributed by atoms with Crippen molar-refractivity contribution in [1.29, 1.82) is 0 Å². The lowest BCUT2D eigenvalue weighted by atomic mass is 9.98. The van der Waals surface area contributed by atoms with E-state index in [-0.39, 0.29) is 18.1 Å². The molecular weight excluding hydrogens is 236 g/mol. The SMILES string of the molecule is CC1CNC(C)(C2CCCN2C(C)C)OC1.Cl. The number of hydrogen-bond donors (Lipinski definition) is 1. The number of ether oxygens (including phenoxy) is 1. The maximum atomic E-state index is 6.09. The third kappa shape index (κ3) is 3.14. The van der Waals surface area contributed by atoms with Gasteiger partial charge >= 0.3 is 0 Å². The Morgan fingerprint density at radius 3 is 2.65 bits per heavy atom. The van der Waals surface area contributed by atoms with Crippen molar-refractivity contribution in [3.05, 3.63) is 0 Å². The molecule has 0 saturated carbocycles. The number of hydrogen-bond acceptors (Lipinski definition) is 3. The lowest BCUT2D eigenvalue weighted by Gasteiger charge is -2.46. The number of nitrogens with zero attached hydrogens (tertiary/aromatic N) is 1. The van der Waals surface area contributed by atoms with Crippen molar-refractivity contribution in [3.63, 3.8) is 0 Å². The van der Waals surface area contributed by atoms with E-state index in [1.54, 1.807) is 0 Å². The van der Waals surface area contributed by atoms with Crippen LogP contribution >= 0.6 is 12.4 Å². The van der Waals surface area contributed by atoms with Gasteiger partial charge in [-0.25, -0.2) is 0 Å². The van der Waals surface area contributed by atoms with Crippen LogP contribution in [-0.4, -0.2) is 42.4 Å². The Hall–Kier alpha value is 0.170. The van der Waals surface area contributed by atoms with E-state index >= 15 is 0 Å². The summed E-state index contributed by atoms with van der Waals surface area (Å²) in [5.41, 5.74) is -0.132. The highest BCUT2D eigenvalue weighted by molar-refractivity contribution is 5.85. The summed E-state index contributed by atoms with van der Waals surface area (Å²) >= 11 is 0. The monoisotopic (exact) mass is 262 g/mol. The molecular formula is C13H27ClN2O. The standard InChI is InChI=1S/C13H26N2O.ClH/c1-10(2)15-7-5-6-12(15)13(4)14-8-11(3)9-16-13;/h10-12,14H,5-9H2,1-4H3;1H. The van der Waals surface area contributed by atoms with Crippen LogP contribution in [0.15, 0.2) is 0 Å². The summed E-state index contributed by atoms with van der Waals surface area (Å²) in [6, 6.07) is 1.16. The smallest absolute Gasteiger partial charge is 0.132 e. The number of halogens is 1. The van der Waals surface area contributed by atoms with Crippen LogP contribution in [0.3, 0.4) is 0 Å². The third-order valence-corrected chi connectivity index (χ3v) is 4.06. The third-order valence-electron chi connectivity index (χ3n) is 4.06. The Morgan fingerprint density at radius 2 is 2.12 bits per heavy atom. The Morgan fingerprint density at radius 1 is 1.41 bits per heavy atom. The second kappa shape index (κ2) is 5.87. The van der Waals surface area contributed by atoms with Gasteiger partial charge in [0.25, 0.3) is 0 Å². The second-order valence-corrected chi connectivity index (χ2v) is 5.89. The largest absolute Gasteiger partial charge is 0.359 e. The van der Waals surface area contributed by atoms with Gasteiger partial charge < -0.3 is 4.74 Å². The van der Waals surface area contributed by atoms with Crippen molar-refractivity contribution in [1.82, 2.24) is 10.2 Å². The lowest BCUT2D eigenvalue weighted by Crippen LogP contribution is -2.63. The molecule has 1 N–H and O–H groups in total. The molecule has 2 saturated heterocycles. The number of likely N-dealkylation sites (tertiary alicyclic amines) is 1. The van der Waals surface area contributed by atoms with Gasteiger partial charge in [-0.2, -0.15) is 0 Å². The van der Waals surface area contributed by atoms with Crippen LogP contribution < -0.4 is 5.32 Å². The van der Waals surface area contributed by atoms with Gasteiger partial charge in [-0.1, -0.05) is 6.92 Å². The van der Waals surface area contributed by atoms with Crippen molar-refractivity contribution < 1.29 is 4.74 Å². The molecule has 0 amide bonds. The molecule has 102 valence electrons. The summed E-state index contributed by atoms with van der Waals surface area (Å²) < 4.78 is 6.09. The predicted octanol–water partition coefficient (Wildman–Crippen LogP) is 2.25. The summed E-state index contributed by atoms with van der Waals surface area (Å²) in [5.74, 6) is 0.641. The van der Waals surface area contributed by atoms with Gasteiger partial charge in [0.15, 0.2) is 0 Å². The normalized spacial score (nSPS) is 39.4. The van der Waals surface area contributed by atoms with Gasteiger partial charge in [-0.05, 0) is 46.1 Å². The average molecular weight is 263 g/mol. The second-order valence-electron chi connectivity index (χ2n) is 5.89. The van der Waals surface area contributed by atoms with Gasteiger partial charge in [0.2, 0.25) is 0 Å². The average Bonchev–Trinajstić information content (AvgIpc) is 2.72. The minimum atomic E-state index is -0.132. The van der Waals surface area contributed by atoms with Crippen LogP contribution in [0.25, 0.3) is 0 Å². The Labute approximate surface area is 112 Å². The van der Waals surface area contributed by atoms with Crippen LogP contribution in [0.4, 0.5) is 0 Å². The van der Waals surface area contributed by atoms with Gasteiger partial charge in [-0.3, -0.25) is 10.2 Å². The summed E-state index contributed by atoms with van der Waals surface area (Å²) in [4.78, 5) is 2.59. The van der Waals surface area contributed by atoms with Crippen LogP contribution in [0, 0.1) is 5.92 Å². The van der Waals surface area contributed by atoms with Gasteiger partial charge in [-0.15, -0.1) is 12.4 Å². The fourth-order valence-electron chi connectivity index (χ4n) is 3.02. The molecule has 2 aliphatic heterocycles. The molecule has 3 atom stereocenters. The maximum Gasteiger partial charge on any atom is 0.132 e. The van der Waals surface area contributed by atoms with E-state index < -0.39 is 0 Å². The van der Waals surface area contributed by atoms with E-state index in [4.69, 9.17) is 4.74 Å². The van der Waals surface area contributed by atoms with Crippen molar-refractivity contribution in [3.8, 4) is 0 Å². The summed E-state index contributed by atoms with van der Waals surface area (Å²) in [7, 11) is 0. The van der Waals surface area contributed by atoms with Crippen molar-refractivity contribution in [2.75, 3.05) is 19.7 Å². The first-order chi connectivity index (χ1) is 7.53. The van der Waals surface area contributed by atoms with Gasteiger partial charge in [0, 0.05) is 12.6 Å². The topological polar surface area (TPSA) is 24.5 Å². The highest BCUT2D eigenvalue weighted by Crippen LogP contribution is 2.31. The molecule has 0 aromatic rings. The first kappa shape index (κ1) is 15.2. The van der Waals surface area contributed by atoms with Crippen LogP contribution in [-0.2, 0) is 4.74 Å². The zero-order chi connectivity index (χ0) is 11.8. The van der Waals surface area contributed by atoms with E-state index in [0.29, 0.717) is 18.0 Å². The van der Waals surface area contributed by atoms with Crippen LogP contribution in [0.2, 0.25) is 0 Å². The first-order valence-electron chi connectivity index (χ1n) is 6.67. The molecule has 2 fully saturated rings. The molecule has 0 bridgehead atoms. The zero-order valence-electron chi connectivity index (χ0n) is 11.5. The van der Waals surface area contributed by atoms with Crippen molar-refractivity contribution in [2.45, 2.75) is 58.3 Å². The van der Waals surface area contributed by atoms with Crippen LogP contribution in [0.1, 0.15) is 40.5 Å². The molecule has 2 aliphatic rings. The van der Waals surface area contributed by atoms with Gasteiger partial charge in [0.1, 0.15) is 5.72 Å². The van der Waals surface area contributed by atoms with E-state index in [9.17, 15) is 0 Å². The van der Waals surface area contributed by atoms with Crippen molar-refractivity contribution in [2.24, 2.45) is 5.92 Å². The van der Waals surface area contributed by atoms with E-state index in [1.807, 2.05) is 0 Å². The number of rotatable bonds is 2. The predicted molar refractivity (Wildman–Crippen MR) is 73.6 cm³/mol. The molecule has 0 spiro atoms. The quantitative estimate of drug-likeness (QED) is 0.826. The fraction of sp³-hybridized carbons (Fsp3) is 1.00. The molecule has 3 nitrogen and oxygen atoms in total. The highest BCUT2D eigenvalue weighted by Gasteiger charge is 2.44. The molecule has 3 unspecified atom stereocenters. The molecule has 0 aromatic heterocycles. The van der Waals surface area contributed by atoms with E-state index in [1.165, 1.54) is 19.4 Å². The highest BCUT2D eigenvalue weighted by atomic mass is 35.5. The van der Waals surface area contributed by atoms with Crippen LogP contribution in [0.5, 0.6) is 0 Å². The van der Waals surface area contributed by atoms with E-state index in [0.717, 1.165) is 13.2 Å². The molecule has 2 heterocycles. The Kier molecular flexibility index (Phi) is 5.26. The van der Waals surface area contributed by atoms with Crippen molar-refractivity contribution >= 4 is 12.4 Å². The summed E-state index contributed by atoms with van der Waals surface area (Å²) in [5, 5.41) is 3.61. The Balaban J connectivity index is 0.00000144. The molecule has 0 aliphatic carbocycles.